The molecule has 4 aromatic carbocycles. The maximum Gasteiger partial charge on any atom is 0.313 e. The fourth-order valence-electron chi connectivity index (χ4n) is 7.43. The number of aromatic hydroxyl groups is 1. The van der Waals surface area contributed by atoms with Gasteiger partial charge in [0, 0.05) is 53.0 Å². The van der Waals surface area contributed by atoms with Gasteiger partial charge in [-0.3, -0.25) is 19.4 Å². The Morgan fingerprint density at radius 1 is 0.557 bits per heavy atom. The number of hydrogen-bond acceptors (Lipinski definition) is 8. The zero-order valence-electron chi connectivity index (χ0n) is 38.9. The fraction of sp³-hybridized carbons (Fsp3) is 0.500. The van der Waals surface area contributed by atoms with Crippen LogP contribution >= 0.6 is 11.6 Å². The molecule has 0 aliphatic rings. The first-order chi connectivity index (χ1) is 28.8. The molecule has 0 aromatic heterocycles. The van der Waals surface area contributed by atoms with Crippen LogP contribution in [0.3, 0.4) is 0 Å². The van der Waals surface area contributed by atoms with Gasteiger partial charge in [0.05, 0.1) is 19.1 Å². The summed E-state index contributed by atoms with van der Waals surface area (Å²) in [4.78, 5) is 27.2. The summed E-state index contributed by atoms with van der Waals surface area (Å²) in [5.41, 5.74) is 5.87. The van der Waals surface area contributed by atoms with Gasteiger partial charge in [0.1, 0.15) is 11.5 Å². The molecular weight excluding hydrogens is 784 g/mol. The third-order valence-electron chi connectivity index (χ3n) is 10.8. The van der Waals surface area contributed by atoms with Gasteiger partial charge in [-0.25, -0.2) is 0 Å². The number of phenols is 1. The first-order valence-corrected chi connectivity index (χ1v) is 22.4. The Kier molecular flexibility index (Phi) is 23.6. The van der Waals surface area contributed by atoms with Crippen LogP contribution in [0.1, 0.15) is 141 Å². The van der Waals surface area contributed by atoms with Crippen LogP contribution in [-0.4, -0.2) is 73.6 Å². The standard InChI is InChI=1S/C26H37NO3.C22H31NO2.C4H7ClO/c1-18(2)26(29)30-25-13-12-21(17-28)16-24(25)23(22-10-8-7-9-11-22)14-15-27(19(3)4)20(5)6;1-16(2)23(17(3)4)13-12-20(19-8-6-5-7-9-19)21-14-18(15-24)10-11-22(21)25;1-3(2)4(5)6/h7-13,16,18-20,23,28H,14-15,17H2,1-6H3;5-11,14,16-17,20,24-25H,12-13,15H2,1-4H3;3H,1-2H3/t23-;20-;/m11./s1. The average Bonchev–Trinajstić information content (AvgIpc) is 3.22. The second kappa shape index (κ2) is 27.1. The van der Waals surface area contributed by atoms with Crippen LogP contribution in [0.25, 0.3) is 0 Å². The number of aliphatic hydroxyl groups excluding tert-OH is 2. The summed E-state index contributed by atoms with van der Waals surface area (Å²) in [7, 11) is 0. The molecule has 0 saturated carbocycles. The molecule has 0 aliphatic carbocycles. The van der Waals surface area contributed by atoms with Gasteiger partial charge in [-0.15, -0.1) is 0 Å². The molecule has 0 unspecified atom stereocenters. The second-order valence-electron chi connectivity index (χ2n) is 17.5. The Morgan fingerprint density at radius 3 is 1.30 bits per heavy atom. The smallest absolute Gasteiger partial charge is 0.313 e. The molecular formula is C52H75ClN2O6. The van der Waals surface area contributed by atoms with Crippen LogP contribution in [0.5, 0.6) is 11.5 Å². The lowest BCUT2D eigenvalue weighted by molar-refractivity contribution is -0.137. The van der Waals surface area contributed by atoms with E-state index in [0.717, 1.165) is 48.2 Å². The molecule has 0 saturated heterocycles. The van der Waals surface area contributed by atoms with Gasteiger partial charge in [0.2, 0.25) is 5.24 Å². The van der Waals surface area contributed by atoms with E-state index in [-0.39, 0.29) is 48.1 Å². The Labute approximate surface area is 372 Å². The van der Waals surface area contributed by atoms with Crippen LogP contribution in [0.15, 0.2) is 97.1 Å². The predicted octanol–water partition coefficient (Wildman–Crippen LogP) is 11.3. The maximum atomic E-state index is 12.3. The van der Waals surface area contributed by atoms with Gasteiger partial charge in [-0.2, -0.15) is 0 Å². The largest absolute Gasteiger partial charge is 0.508 e. The van der Waals surface area contributed by atoms with Gasteiger partial charge >= 0.3 is 5.97 Å². The van der Waals surface area contributed by atoms with Gasteiger partial charge in [-0.05, 0) is 139 Å². The lowest BCUT2D eigenvalue weighted by atomic mass is 9.86. The Bertz CT molecular complexity index is 1850. The predicted molar refractivity (Wildman–Crippen MR) is 252 cm³/mol. The van der Waals surface area contributed by atoms with Gasteiger partial charge < -0.3 is 20.1 Å². The van der Waals surface area contributed by atoms with Crippen molar-refractivity contribution in [1.82, 2.24) is 9.80 Å². The van der Waals surface area contributed by atoms with E-state index in [1.807, 2.05) is 74.5 Å². The van der Waals surface area contributed by atoms with Crippen LogP contribution in [0.2, 0.25) is 0 Å². The summed E-state index contributed by atoms with van der Waals surface area (Å²) in [5.74, 6) is 0.577. The number of carbonyl (C=O) groups is 2. The number of nitrogens with zero attached hydrogens (tertiary/aromatic N) is 2. The molecule has 4 aromatic rings. The molecule has 0 fully saturated rings. The van der Waals surface area contributed by atoms with Crippen molar-refractivity contribution in [3.63, 3.8) is 0 Å². The number of halogens is 1. The molecule has 0 bridgehead atoms. The lowest BCUT2D eigenvalue weighted by Gasteiger charge is -2.32. The molecule has 8 nitrogen and oxygen atoms in total. The van der Waals surface area contributed by atoms with Crippen molar-refractivity contribution in [3.05, 3.63) is 130 Å². The first kappa shape index (κ1) is 53.1. The summed E-state index contributed by atoms with van der Waals surface area (Å²) in [6.45, 7) is 26.8. The number of carbonyl (C=O) groups excluding carboxylic acids is 2. The van der Waals surface area contributed by atoms with E-state index < -0.39 is 0 Å². The number of rotatable bonds is 19. The molecule has 0 radical (unpaired) electrons. The molecule has 0 heterocycles. The van der Waals surface area contributed by atoms with Crippen LogP contribution in [-0.2, 0) is 22.8 Å². The summed E-state index contributed by atoms with van der Waals surface area (Å²) in [5, 5.41) is 29.4. The highest BCUT2D eigenvalue weighted by Crippen LogP contribution is 2.37. The minimum atomic E-state index is -0.269. The first-order valence-electron chi connectivity index (χ1n) is 22.0. The SMILES string of the molecule is CC(C)C(=O)Cl.CC(C)C(=O)Oc1ccc(CO)cc1[C@H](CCN(C(C)C)C(C)C)c1ccccc1.CC(C)N(CC[C@H](c1ccccc1)c1cc(CO)ccc1O)C(C)C. The summed E-state index contributed by atoms with van der Waals surface area (Å²) in [6.07, 6.45) is 1.81. The van der Waals surface area contributed by atoms with Gasteiger partial charge in [0.15, 0.2) is 0 Å². The molecule has 4 rings (SSSR count). The van der Waals surface area contributed by atoms with E-state index >= 15 is 0 Å². The Morgan fingerprint density at radius 2 is 0.934 bits per heavy atom. The number of phenolic OH excluding ortho intramolecular Hbond substituents is 1. The quantitative estimate of drug-likeness (QED) is 0.0486. The molecule has 3 N–H and O–H groups in total. The monoisotopic (exact) mass is 859 g/mol. The zero-order chi connectivity index (χ0) is 45.8. The van der Waals surface area contributed by atoms with Crippen molar-refractivity contribution >= 4 is 22.8 Å². The van der Waals surface area contributed by atoms with Crippen LogP contribution < -0.4 is 4.74 Å². The van der Waals surface area contributed by atoms with E-state index in [1.54, 1.807) is 26.0 Å². The van der Waals surface area contributed by atoms with Crippen molar-refractivity contribution in [1.29, 1.82) is 0 Å². The number of benzene rings is 4. The molecule has 0 spiro atoms. The van der Waals surface area contributed by atoms with Gasteiger partial charge in [0.25, 0.3) is 0 Å². The van der Waals surface area contributed by atoms with Gasteiger partial charge in [-0.1, -0.05) is 100 Å². The molecule has 0 aliphatic heterocycles. The topological polar surface area (TPSA) is 111 Å². The lowest BCUT2D eigenvalue weighted by Crippen LogP contribution is -2.38. The average molecular weight is 860 g/mol. The van der Waals surface area contributed by atoms with E-state index in [2.05, 4.69) is 89.5 Å². The van der Waals surface area contributed by atoms with E-state index in [1.165, 1.54) is 11.1 Å². The highest BCUT2D eigenvalue weighted by Gasteiger charge is 2.25. The second-order valence-corrected chi connectivity index (χ2v) is 17.8. The third kappa shape index (κ3) is 17.7. The molecule has 0 amide bonds. The number of esters is 1. The highest BCUT2D eigenvalue weighted by atomic mass is 35.5. The molecule has 336 valence electrons. The number of aliphatic hydroxyl groups is 2. The van der Waals surface area contributed by atoms with Crippen molar-refractivity contribution < 1.29 is 29.6 Å². The van der Waals surface area contributed by atoms with Crippen molar-refractivity contribution in [2.75, 3.05) is 13.1 Å². The summed E-state index contributed by atoms with van der Waals surface area (Å²) >= 11 is 4.97. The zero-order valence-corrected chi connectivity index (χ0v) is 39.7. The van der Waals surface area contributed by atoms with Crippen molar-refractivity contribution in [3.8, 4) is 11.5 Å². The normalized spacial score (nSPS) is 12.5. The van der Waals surface area contributed by atoms with E-state index in [9.17, 15) is 24.9 Å². The Balaban J connectivity index is 0.000000375. The van der Waals surface area contributed by atoms with E-state index in [4.69, 9.17) is 16.3 Å². The van der Waals surface area contributed by atoms with E-state index in [0.29, 0.717) is 35.7 Å². The van der Waals surface area contributed by atoms with Crippen molar-refractivity contribution in [2.45, 2.75) is 145 Å². The van der Waals surface area contributed by atoms with Crippen molar-refractivity contribution in [2.24, 2.45) is 11.8 Å². The number of ether oxygens (including phenoxy) is 1. The summed E-state index contributed by atoms with van der Waals surface area (Å²) < 4.78 is 5.78. The minimum absolute atomic E-state index is 0.0150. The maximum absolute atomic E-state index is 12.3. The molecule has 61 heavy (non-hydrogen) atoms. The van der Waals surface area contributed by atoms with Crippen LogP contribution in [0.4, 0.5) is 0 Å². The molecule has 9 heteroatoms. The van der Waals surface area contributed by atoms with Crippen LogP contribution in [0, 0.1) is 11.8 Å². The fourth-order valence-corrected chi connectivity index (χ4v) is 7.43. The summed E-state index contributed by atoms with van der Waals surface area (Å²) in [6, 6.07) is 33.5. The third-order valence-corrected chi connectivity index (χ3v) is 11.3. The minimum Gasteiger partial charge on any atom is -0.508 e. The molecule has 2 atom stereocenters. The number of hydrogen-bond donors (Lipinski definition) is 3. The Hall–Kier alpha value is -4.05. The highest BCUT2D eigenvalue weighted by molar-refractivity contribution is 6.63.